The molecule has 0 spiro atoms. The lowest BCUT2D eigenvalue weighted by molar-refractivity contribution is -0.416. The standard InChI is InChI=1S/C14H8F11NO/c15-10(16,9(27)6-7-26-8-4-2-1-3-5-8)11(17,18)12(19,20)13(21,22)14(23,24)25/h1-7,26H/b7-6+. The lowest BCUT2D eigenvalue weighted by Gasteiger charge is -2.36. The fourth-order valence-electron chi connectivity index (χ4n) is 1.58. The summed E-state index contributed by atoms with van der Waals surface area (Å²) in [5.41, 5.74) is 0.130. The molecule has 1 N–H and O–H groups in total. The molecule has 0 radical (unpaired) electrons. The predicted molar refractivity (Wildman–Crippen MR) is 70.1 cm³/mol. The third kappa shape index (κ3) is 3.86. The summed E-state index contributed by atoms with van der Waals surface area (Å²) in [6.07, 6.45) is -7.38. The molecule has 1 aromatic carbocycles. The van der Waals surface area contributed by atoms with Crippen LogP contribution in [0.15, 0.2) is 42.6 Å². The zero-order valence-electron chi connectivity index (χ0n) is 12.6. The van der Waals surface area contributed by atoms with Gasteiger partial charge in [-0.1, -0.05) is 18.2 Å². The van der Waals surface area contributed by atoms with Crippen molar-refractivity contribution in [3.8, 4) is 0 Å². The monoisotopic (exact) mass is 415 g/mol. The third-order valence-electron chi connectivity index (χ3n) is 3.11. The van der Waals surface area contributed by atoms with Crippen molar-refractivity contribution >= 4 is 11.5 Å². The normalized spacial score (nSPS) is 14.5. The van der Waals surface area contributed by atoms with Crippen molar-refractivity contribution in [3.05, 3.63) is 42.6 Å². The van der Waals surface area contributed by atoms with E-state index in [-0.39, 0.29) is 5.69 Å². The average Bonchev–Trinajstić information content (AvgIpc) is 2.54. The second-order valence-electron chi connectivity index (χ2n) is 5.00. The van der Waals surface area contributed by atoms with Crippen molar-refractivity contribution in [2.45, 2.75) is 29.9 Å². The van der Waals surface area contributed by atoms with Crippen molar-refractivity contribution < 1.29 is 53.1 Å². The van der Waals surface area contributed by atoms with Gasteiger partial charge in [-0.15, -0.1) is 0 Å². The number of hydrogen-bond donors (Lipinski definition) is 1. The molecule has 13 heteroatoms. The molecule has 0 fully saturated rings. The van der Waals surface area contributed by atoms with Gasteiger partial charge in [-0.25, -0.2) is 0 Å². The molecule has 1 rings (SSSR count). The Balaban J connectivity index is 3.13. The number of anilines is 1. The molecule has 0 heterocycles. The zero-order valence-corrected chi connectivity index (χ0v) is 12.6. The van der Waals surface area contributed by atoms with E-state index in [9.17, 15) is 53.1 Å². The van der Waals surface area contributed by atoms with Gasteiger partial charge in [0, 0.05) is 18.0 Å². The number of carbonyl (C=O) groups excluding carboxylic acids is 1. The molecule has 0 saturated heterocycles. The fourth-order valence-corrected chi connectivity index (χ4v) is 1.58. The first kappa shape index (κ1) is 22.7. The van der Waals surface area contributed by atoms with Crippen LogP contribution in [0.2, 0.25) is 0 Å². The number of allylic oxidation sites excluding steroid dienone is 1. The van der Waals surface area contributed by atoms with Crippen LogP contribution in [0.5, 0.6) is 0 Å². The minimum absolute atomic E-state index is 0.130. The van der Waals surface area contributed by atoms with E-state index in [1.807, 2.05) is 0 Å². The van der Waals surface area contributed by atoms with Gasteiger partial charge >= 0.3 is 29.9 Å². The number of benzene rings is 1. The maximum Gasteiger partial charge on any atom is 0.460 e. The highest BCUT2D eigenvalue weighted by molar-refractivity contribution is 5.97. The molecule has 2 nitrogen and oxygen atoms in total. The van der Waals surface area contributed by atoms with E-state index in [1.165, 1.54) is 30.3 Å². The molecule has 0 aliphatic rings. The number of ketones is 1. The van der Waals surface area contributed by atoms with E-state index in [0.717, 1.165) is 0 Å². The summed E-state index contributed by atoms with van der Waals surface area (Å²) in [5.74, 6) is -32.2. The molecule has 0 atom stereocenters. The summed E-state index contributed by atoms with van der Waals surface area (Å²) >= 11 is 0. The first-order chi connectivity index (χ1) is 12.0. The Hall–Kier alpha value is -2.34. The molecule has 27 heavy (non-hydrogen) atoms. The van der Waals surface area contributed by atoms with E-state index >= 15 is 0 Å². The van der Waals surface area contributed by atoms with Crippen molar-refractivity contribution in [1.82, 2.24) is 0 Å². The first-order valence-corrected chi connectivity index (χ1v) is 6.60. The van der Waals surface area contributed by atoms with Crippen LogP contribution in [0.3, 0.4) is 0 Å². The van der Waals surface area contributed by atoms with Crippen molar-refractivity contribution in [3.63, 3.8) is 0 Å². The lowest BCUT2D eigenvalue weighted by atomic mass is 9.95. The molecule has 0 saturated carbocycles. The Morgan fingerprint density at radius 1 is 0.741 bits per heavy atom. The van der Waals surface area contributed by atoms with Gasteiger partial charge in [0.1, 0.15) is 0 Å². The number of carbonyl (C=O) groups is 1. The summed E-state index contributed by atoms with van der Waals surface area (Å²) in [6, 6.07) is 6.96. The topological polar surface area (TPSA) is 29.1 Å². The van der Waals surface area contributed by atoms with E-state index in [1.54, 1.807) is 0 Å². The van der Waals surface area contributed by atoms with Gasteiger partial charge in [-0.2, -0.15) is 48.3 Å². The molecule has 0 aliphatic carbocycles. The average molecular weight is 415 g/mol. The zero-order chi connectivity index (χ0) is 21.3. The second kappa shape index (κ2) is 7.00. The Kier molecular flexibility index (Phi) is 5.89. The highest BCUT2D eigenvalue weighted by Gasteiger charge is 2.88. The van der Waals surface area contributed by atoms with Crippen LogP contribution in [-0.2, 0) is 4.79 Å². The van der Waals surface area contributed by atoms with Crippen LogP contribution in [0.25, 0.3) is 0 Å². The number of halogens is 11. The molecule has 1 aromatic rings. The maximum absolute atomic E-state index is 13.4. The van der Waals surface area contributed by atoms with Crippen LogP contribution in [-0.4, -0.2) is 35.6 Å². The molecule has 152 valence electrons. The molecule has 0 bridgehead atoms. The largest absolute Gasteiger partial charge is 0.460 e. The smallest absolute Gasteiger partial charge is 0.362 e. The fraction of sp³-hybridized carbons (Fsp3) is 0.357. The first-order valence-electron chi connectivity index (χ1n) is 6.60. The van der Waals surface area contributed by atoms with Gasteiger partial charge in [0.25, 0.3) is 0 Å². The summed E-state index contributed by atoms with van der Waals surface area (Å²) < 4.78 is 140. The highest BCUT2D eigenvalue weighted by atomic mass is 19.4. The van der Waals surface area contributed by atoms with E-state index in [0.29, 0.717) is 6.20 Å². The van der Waals surface area contributed by atoms with Gasteiger partial charge in [0.05, 0.1) is 0 Å². The molecular weight excluding hydrogens is 407 g/mol. The van der Waals surface area contributed by atoms with Gasteiger partial charge in [0.15, 0.2) is 0 Å². The van der Waals surface area contributed by atoms with Crippen LogP contribution in [0, 0.1) is 0 Å². The van der Waals surface area contributed by atoms with Gasteiger partial charge < -0.3 is 5.32 Å². The predicted octanol–water partition coefficient (Wildman–Crippen LogP) is 5.28. The van der Waals surface area contributed by atoms with Crippen molar-refractivity contribution in [2.75, 3.05) is 5.32 Å². The van der Waals surface area contributed by atoms with Gasteiger partial charge in [-0.05, 0) is 12.1 Å². The van der Waals surface area contributed by atoms with E-state index < -0.39 is 41.7 Å². The Bertz CT molecular complexity index is 695. The van der Waals surface area contributed by atoms with E-state index in [2.05, 4.69) is 5.32 Å². The summed E-state index contributed by atoms with van der Waals surface area (Å²) in [4.78, 5) is 11.1. The number of hydrogen-bond acceptors (Lipinski definition) is 2. The van der Waals surface area contributed by atoms with Crippen LogP contribution < -0.4 is 5.32 Å². The second-order valence-corrected chi connectivity index (χ2v) is 5.00. The number of nitrogens with one attached hydrogen (secondary N) is 1. The minimum atomic E-state index is -7.61. The SMILES string of the molecule is O=C(/C=C/Nc1ccccc1)C(F)(F)C(F)(F)C(F)(F)C(F)(F)C(F)(F)F. The Morgan fingerprint density at radius 2 is 1.22 bits per heavy atom. The van der Waals surface area contributed by atoms with E-state index in [4.69, 9.17) is 0 Å². The lowest BCUT2D eigenvalue weighted by Crippen LogP contribution is -2.67. The molecule has 0 unspecified atom stereocenters. The van der Waals surface area contributed by atoms with Crippen molar-refractivity contribution in [1.29, 1.82) is 0 Å². The van der Waals surface area contributed by atoms with Gasteiger partial charge in [-0.3, -0.25) is 4.79 Å². The number of rotatable bonds is 7. The highest BCUT2D eigenvalue weighted by Crippen LogP contribution is 2.57. The van der Waals surface area contributed by atoms with Crippen molar-refractivity contribution in [2.24, 2.45) is 0 Å². The van der Waals surface area contributed by atoms with Crippen LogP contribution >= 0.6 is 0 Å². The van der Waals surface area contributed by atoms with Gasteiger partial charge in [0.2, 0.25) is 5.78 Å². The molecule has 0 amide bonds. The maximum atomic E-state index is 13.4. The summed E-state index contributed by atoms with van der Waals surface area (Å²) in [5, 5.41) is 2.10. The quantitative estimate of drug-likeness (QED) is 0.485. The van der Waals surface area contributed by atoms with Crippen LogP contribution in [0.1, 0.15) is 0 Å². The Labute approximate surface area is 143 Å². The number of para-hydroxylation sites is 1. The molecule has 0 aromatic heterocycles. The number of alkyl halides is 11. The minimum Gasteiger partial charge on any atom is -0.362 e. The molecule has 0 aliphatic heterocycles. The molecular formula is C14H8F11NO. The third-order valence-corrected chi connectivity index (χ3v) is 3.11. The summed E-state index contributed by atoms with van der Waals surface area (Å²) in [6.45, 7) is 0. The van der Waals surface area contributed by atoms with Crippen LogP contribution in [0.4, 0.5) is 54.0 Å². The summed E-state index contributed by atoms with van der Waals surface area (Å²) in [7, 11) is 0. The Morgan fingerprint density at radius 3 is 1.67 bits per heavy atom.